The molecule has 0 radical (unpaired) electrons. The Morgan fingerprint density at radius 2 is 1.33 bits per heavy atom. The van der Waals surface area contributed by atoms with Gasteiger partial charge in [0, 0.05) is 43.6 Å². The number of nitrogens with zero attached hydrogens (tertiary/aromatic N) is 4. The first-order valence-corrected chi connectivity index (χ1v) is 17.2. The predicted octanol–water partition coefficient (Wildman–Crippen LogP) is 10.9. The van der Waals surface area contributed by atoms with E-state index in [9.17, 15) is 0 Å². The molecule has 5 nitrogen and oxygen atoms in total. The van der Waals surface area contributed by atoms with E-state index in [4.69, 9.17) is 16.6 Å². The van der Waals surface area contributed by atoms with Gasteiger partial charge in [0.05, 0.1) is 29.3 Å². The maximum Gasteiger partial charge on any atom is 0.268 e. The van der Waals surface area contributed by atoms with Crippen LogP contribution in [0.5, 0.6) is 11.5 Å². The molecule has 0 saturated carbocycles. The number of hydrogen-bond donors (Lipinski definition) is 0. The molecule has 3 heterocycles. The molecular weight excluding hydrogens is 844 g/mol. The molecule has 0 aliphatic heterocycles. The van der Waals surface area contributed by atoms with Crippen molar-refractivity contribution in [3.63, 3.8) is 0 Å². The Balaban J connectivity index is 0.00000449. The first-order valence-electron chi connectivity index (χ1n) is 19.7. The summed E-state index contributed by atoms with van der Waals surface area (Å²) in [5.74, 6) is 1.75. The topological polar surface area (TPSA) is 35.9 Å². The molecule has 10 aromatic rings. The number of hydrogen-bond acceptors (Lipinski definition) is 2. The molecule has 0 atom stereocenters. The van der Waals surface area contributed by atoms with Gasteiger partial charge >= 0.3 is 0 Å². The zero-order valence-corrected chi connectivity index (χ0v) is 30.7. The van der Waals surface area contributed by atoms with Crippen LogP contribution in [0, 0.1) is 18.5 Å². The Hall–Kier alpha value is -6.55. The standard InChI is InChI=1S/C48H30N4O.Pt/c1-3-15-34(16-4-1)39-21-7-9-24-43(39)51-33-50(45-26-11-12-27-46(45)51)36-19-13-20-37(31-36)53-38-29-30-41-40-22-8-10-25-44(40)52(47(41)32-38)48-28-14-23-42(49-48)35-17-5-2-6-18-35;/h1-30H;/q-2;/i1D,3D,4D,15D,16D;. The van der Waals surface area contributed by atoms with E-state index in [-0.39, 0.29) is 50.8 Å². The van der Waals surface area contributed by atoms with E-state index >= 15 is 0 Å². The zero-order chi connectivity index (χ0) is 39.5. The number of pyridine rings is 1. The second-order valence-electron chi connectivity index (χ2n) is 12.5. The van der Waals surface area contributed by atoms with Crippen molar-refractivity contribution in [2.45, 2.75) is 0 Å². The summed E-state index contributed by atoms with van der Waals surface area (Å²) in [4.78, 5) is 5.08. The average molecular weight is 879 g/mol. The first-order chi connectivity index (χ1) is 28.4. The Morgan fingerprint density at radius 1 is 0.593 bits per heavy atom. The van der Waals surface area contributed by atoms with Gasteiger partial charge in [-0.15, -0.1) is 29.7 Å². The van der Waals surface area contributed by atoms with E-state index in [1.165, 1.54) is 0 Å². The van der Waals surface area contributed by atoms with Crippen molar-refractivity contribution in [3.8, 4) is 51.1 Å². The van der Waals surface area contributed by atoms with E-state index in [2.05, 4.69) is 47.3 Å². The minimum atomic E-state index is -0.435. The summed E-state index contributed by atoms with van der Waals surface area (Å²) in [5, 5.41) is 2.10. The molecule has 0 aliphatic carbocycles. The van der Waals surface area contributed by atoms with Gasteiger partial charge in [0.15, 0.2) is 0 Å². The number of benzene rings is 7. The van der Waals surface area contributed by atoms with Crippen molar-refractivity contribution in [2.75, 3.05) is 0 Å². The number of imidazole rings is 1. The van der Waals surface area contributed by atoms with E-state index in [1.807, 2.05) is 124 Å². The van der Waals surface area contributed by atoms with Crippen molar-refractivity contribution in [1.82, 2.24) is 14.1 Å². The SMILES string of the molecule is [2H]c1c([2H])c([2H])c(-c2ccccc2-[n+]2[c-]n(-c3[c-]c(Oc4[c-]c5c(cc4)c4ccccc4n5-c4cccc(-c5ccccc5)n4)ccc3)c3ccccc32)c([2H])c1[2H].[Pt]. The zero-order valence-electron chi connectivity index (χ0n) is 33.4. The van der Waals surface area contributed by atoms with Crippen molar-refractivity contribution < 1.29 is 37.2 Å². The monoisotopic (exact) mass is 878 g/mol. The van der Waals surface area contributed by atoms with Crippen LogP contribution in [0.15, 0.2) is 182 Å². The van der Waals surface area contributed by atoms with Crippen LogP contribution in [0.3, 0.4) is 0 Å². The largest absolute Gasteiger partial charge is 0.510 e. The number of aromatic nitrogens is 4. The smallest absolute Gasteiger partial charge is 0.268 e. The van der Waals surface area contributed by atoms with Crippen LogP contribution < -0.4 is 9.30 Å². The fourth-order valence-electron chi connectivity index (χ4n) is 6.92. The van der Waals surface area contributed by atoms with Crippen LogP contribution in [0.4, 0.5) is 0 Å². The van der Waals surface area contributed by atoms with Gasteiger partial charge in [0.2, 0.25) is 0 Å². The molecule has 0 amide bonds. The summed E-state index contributed by atoms with van der Waals surface area (Å²) >= 11 is 0. The molecule has 0 fully saturated rings. The molecule has 0 unspecified atom stereocenters. The van der Waals surface area contributed by atoms with Crippen molar-refractivity contribution in [2.24, 2.45) is 0 Å². The molecule has 10 rings (SSSR count). The normalized spacial score (nSPS) is 12.5. The van der Waals surface area contributed by atoms with Gasteiger partial charge in [-0.1, -0.05) is 133 Å². The molecule has 0 bridgehead atoms. The number of fused-ring (bicyclic) bond motifs is 4. The van der Waals surface area contributed by atoms with Gasteiger partial charge < -0.3 is 13.9 Å². The minimum absolute atomic E-state index is 0. The fraction of sp³-hybridized carbons (Fsp3) is 0. The van der Waals surface area contributed by atoms with Gasteiger partial charge in [0.1, 0.15) is 5.82 Å². The van der Waals surface area contributed by atoms with Gasteiger partial charge in [-0.05, 0) is 46.5 Å². The summed E-state index contributed by atoms with van der Waals surface area (Å²) in [6, 6.07) is 54.3. The molecule has 6 heteroatoms. The van der Waals surface area contributed by atoms with Crippen molar-refractivity contribution in [1.29, 1.82) is 0 Å². The number of rotatable bonds is 7. The summed E-state index contributed by atoms with van der Waals surface area (Å²) in [6.07, 6.45) is 3.46. The van der Waals surface area contributed by atoms with Gasteiger partial charge in [0.25, 0.3) is 6.33 Å². The molecule has 260 valence electrons. The summed E-state index contributed by atoms with van der Waals surface area (Å²) < 4.78 is 54.5. The summed E-state index contributed by atoms with van der Waals surface area (Å²) in [5.41, 5.74) is 7.21. The van der Waals surface area contributed by atoms with E-state index < -0.39 is 6.04 Å². The Bertz CT molecular complexity index is 3210. The Morgan fingerprint density at radius 3 is 2.22 bits per heavy atom. The molecular formula is C48H30N4OPt-2. The van der Waals surface area contributed by atoms with Crippen LogP contribution in [0.2, 0.25) is 0 Å². The van der Waals surface area contributed by atoms with E-state index in [0.717, 1.165) is 49.9 Å². The number of para-hydroxylation sites is 4. The molecule has 0 spiro atoms. The van der Waals surface area contributed by atoms with Crippen LogP contribution in [0.1, 0.15) is 6.85 Å². The second-order valence-corrected chi connectivity index (χ2v) is 12.5. The molecule has 0 aliphatic rings. The molecule has 0 saturated heterocycles. The Kier molecular flexibility index (Phi) is 7.32. The molecule has 0 N–H and O–H groups in total. The van der Waals surface area contributed by atoms with Gasteiger partial charge in [-0.3, -0.25) is 4.57 Å². The van der Waals surface area contributed by atoms with Crippen LogP contribution in [-0.2, 0) is 21.1 Å². The summed E-state index contributed by atoms with van der Waals surface area (Å²) in [7, 11) is 0. The van der Waals surface area contributed by atoms with E-state index in [0.29, 0.717) is 28.4 Å². The van der Waals surface area contributed by atoms with E-state index in [1.54, 1.807) is 12.1 Å². The van der Waals surface area contributed by atoms with Crippen LogP contribution in [-0.4, -0.2) is 14.1 Å². The van der Waals surface area contributed by atoms with Crippen LogP contribution in [0.25, 0.3) is 72.4 Å². The van der Waals surface area contributed by atoms with Gasteiger partial charge in [-0.2, -0.15) is 18.2 Å². The van der Waals surface area contributed by atoms with Crippen molar-refractivity contribution >= 4 is 32.8 Å². The third-order valence-electron chi connectivity index (χ3n) is 9.28. The average Bonchev–Trinajstić information content (AvgIpc) is 3.82. The summed E-state index contributed by atoms with van der Waals surface area (Å²) in [6.45, 7) is 0. The number of ether oxygens (including phenoxy) is 1. The maximum absolute atomic E-state index is 8.70. The molecule has 54 heavy (non-hydrogen) atoms. The third-order valence-corrected chi connectivity index (χ3v) is 9.28. The Labute approximate surface area is 334 Å². The van der Waals surface area contributed by atoms with Gasteiger partial charge in [-0.25, -0.2) is 4.98 Å². The fourth-order valence-corrected chi connectivity index (χ4v) is 6.92. The third kappa shape index (κ3) is 5.89. The quantitative estimate of drug-likeness (QED) is 0.118. The predicted molar refractivity (Wildman–Crippen MR) is 211 cm³/mol. The first kappa shape index (κ1) is 28.0. The minimum Gasteiger partial charge on any atom is -0.510 e. The van der Waals surface area contributed by atoms with Crippen LogP contribution >= 0.6 is 0 Å². The maximum atomic E-state index is 8.70. The molecule has 3 aromatic heterocycles. The molecule has 7 aromatic carbocycles. The second kappa shape index (κ2) is 14.1. The van der Waals surface area contributed by atoms with Crippen molar-refractivity contribution in [3.05, 3.63) is 200 Å².